The van der Waals surface area contributed by atoms with E-state index in [0.29, 0.717) is 19.7 Å². The van der Waals surface area contributed by atoms with E-state index in [-0.39, 0.29) is 10.7 Å². The molecule has 2 N–H and O–H groups in total. The summed E-state index contributed by atoms with van der Waals surface area (Å²) in [6, 6.07) is 0. The first-order valence-corrected chi connectivity index (χ1v) is 6.65. The molecule has 1 rings (SSSR count). The third kappa shape index (κ3) is 3.67. The zero-order chi connectivity index (χ0) is 11.7. The number of ether oxygens (including phenoxy) is 1. The van der Waals surface area contributed by atoms with Crippen molar-refractivity contribution in [1.82, 2.24) is 4.31 Å². The van der Waals surface area contributed by atoms with Gasteiger partial charge in [0, 0.05) is 13.1 Å². The molecule has 1 aliphatic heterocycles. The van der Waals surface area contributed by atoms with E-state index in [4.69, 9.17) is 10.5 Å². The van der Waals surface area contributed by atoms with Crippen LogP contribution in [0.1, 0.15) is 13.8 Å². The van der Waals surface area contributed by atoms with Gasteiger partial charge in [-0.25, -0.2) is 8.42 Å². The zero-order valence-electron chi connectivity index (χ0n) is 8.89. The lowest BCUT2D eigenvalue weighted by molar-refractivity contribution is -0.0639. The molecule has 15 heavy (non-hydrogen) atoms. The van der Waals surface area contributed by atoms with Gasteiger partial charge in [0.25, 0.3) is 0 Å². The van der Waals surface area contributed by atoms with Crippen LogP contribution in [0.3, 0.4) is 0 Å². The molecule has 0 spiro atoms. The average molecular weight is 252 g/mol. The van der Waals surface area contributed by atoms with Gasteiger partial charge in [0.2, 0.25) is 10.0 Å². The van der Waals surface area contributed by atoms with Crippen molar-refractivity contribution in [3.63, 3.8) is 0 Å². The van der Waals surface area contributed by atoms with Gasteiger partial charge in [-0.3, -0.25) is 0 Å². The minimum absolute atomic E-state index is 0.000650. The highest BCUT2D eigenvalue weighted by atomic mass is 32.2. The quantitative estimate of drug-likeness (QED) is 0.699. The van der Waals surface area contributed by atoms with Crippen LogP contribution >= 0.6 is 12.2 Å². The number of hydrogen-bond donors (Lipinski definition) is 1. The summed E-state index contributed by atoms with van der Waals surface area (Å²) in [5.41, 5.74) is 4.80. The molecule has 0 aromatic heterocycles. The molecule has 0 aliphatic carbocycles. The Morgan fingerprint density at radius 3 is 2.67 bits per heavy atom. The van der Waals surface area contributed by atoms with Gasteiger partial charge >= 0.3 is 0 Å². The third-order valence-electron chi connectivity index (χ3n) is 2.11. The molecule has 0 aromatic rings. The second kappa shape index (κ2) is 4.32. The van der Waals surface area contributed by atoms with E-state index >= 15 is 0 Å². The molecule has 0 saturated carbocycles. The van der Waals surface area contributed by atoms with Gasteiger partial charge in [-0.05, 0) is 13.8 Å². The molecular formula is C8H16N2O3S2. The van der Waals surface area contributed by atoms with Gasteiger partial charge in [0.15, 0.2) is 0 Å². The first kappa shape index (κ1) is 12.8. The van der Waals surface area contributed by atoms with E-state index in [0.717, 1.165) is 0 Å². The predicted octanol–water partition coefficient (Wildman–Crippen LogP) is -0.287. The van der Waals surface area contributed by atoms with Crippen molar-refractivity contribution in [3.05, 3.63) is 0 Å². The van der Waals surface area contributed by atoms with Crippen molar-refractivity contribution in [2.24, 2.45) is 5.73 Å². The maximum Gasteiger partial charge on any atom is 0.220 e. The summed E-state index contributed by atoms with van der Waals surface area (Å²) in [5, 5.41) is 0. The SMILES string of the molecule is CC1(C)CN(S(=O)(=O)CC(N)=S)CCO1. The molecule has 0 radical (unpaired) electrons. The van der Waals surface area contributed by atoms with E-state index in [9.17, 15) is 8.42 Å². The summed E-state index contributed by atoms with van der Waals surface area (Å²) in [5.74, 6) is -0.265. The fraction of sp³-hybridized carbons (Fsp3) is 0.875. The highest BCUT2D eigenvalue weighted by molar-refractivity contribution is 7.92. The van der Waals surface area contributed by atoms with Crippen molar-refractivity contribution in [2.75, 3.05) is 25.4 Å². The number of hydrogen-bond acceptors (Lipinski definition) is 4. The van der Waals surface area contributed by atoms with E-state index < -0.39 is 15.6 Å². The summed E-state index contributed by atoms with van der Waals surface area (Å²) in [4.78, 5) is -0.000650. The average Bonchev–Trinajstić information content (AvgIpc) is 1.99. The van der Waals surface area contributed by atoms with Gasteiger partial charge in [-0.1, -0.05) is 12.2 Å². The van der Waals surface area contributed by atoms with E-state index in [1.807, 2.05) is 13.8 Å². The number of rotatable bonds is 3. The maximum atomic E-state index is 11.8. The zero-order valence-corrected chi connectivity index (χ0v) is 10.5. The van der Waals surface area contributed by atoms with Crippen molar-refractivity contribution in [2.45, 2.75) is 19.4 Å². The number of sulfonamides is 1. The highest BCUT2D eigenvalue weighted by Crippen LogP contribution is 2.19. The Hall–Kier alpha value is -0.240. The van der Waals surface area contributed by atoms with Crippen LogP contribution in [0.25, 0.3) is 0 Å². The molecule has 1 aliphatic rings. The van der Waals surface area contributed by atoms with E-state index in [1.54, 1.807) is 0 Å². The lowest BCUT2D eigenvalue weighted by Crippen LogP contribution is -2.51. The van der Waals surface area contributed by atoms with Crippen LogP contribution in [-0.4, -0.2) is 48.8 Å². The second-order valence-corrected chi connectivity index (χ2v) is 6.66. The molecule has 1 fully saturated rings. The number of thiocarbonyl (C=S) groups is 1. The standard InChI is InChI=1S/C8H16N2O3S2/c1-8(2)6-10(3-4-13-8)15(11,12)5-7(9)14/h3-6H2,1-2H3,(H2,9,14). The highest BCUT2D eigenvalue weighted by Gasteiger charge is 2.33. The summed E-state index contributed by atoms with van der Waals surface area (Å²) < 4.78 is 30.4. The molecule has 7 heteroatoms. The molecule has 0 bridgehead atoms. The van der Waals surface area contributed by atoms with E-state index in [2.05, 4.69) is 12.2 Å². The van der Waals surface area contributed by atoms with Crippen molar-refractivity contribution < 1.29 is 13.2 Å². The number of nitrogens with two attached hydrogens (primary N) is 1. The minimum Gasteiger partial charge on any atom is -0.392 e. The lowest BCUT2D eigenvalue weighted by atomic mass is 10.1. The lowest BCUT2D eigenvalue weighted by Gasteiger charge is -2.37. The first-order valence-electron chi connectivity index (χ1n) is 4.63. The van der Waals surface area contributed by atoms with Crippen molar-refractivity contribution in [3.8, 4) is 0 Å². The van der Waals surface area contributed by atoms with Gasteiger partial charge in [0.05, 0.1) is 17.2 Å². The molecule has 1 saturated heterocycles. The fourth-order valence-electron chi connectivity index (χ4n) is 1.48. The molecule has 0 unspecified atom stereocenters. The van der Waals surface area contributed by atoms with Crippen LogP contribution in [0, 0.1) is 0 Å². The van der Waals surface area contributed by atoms with E-state index in [1.165, 1.54) is 4.31 Å². The van der Waals surface area contributed by atoms with Gasteiger partial charge < -0.3 is 10.5 Å². The van der Waals surface area contributed by atoms with Crippen LogP contribution in [0.5, 0.6) is 0 Å². The predicted molar refractivity (Wildman–Crippen MR) is 62.2 cm³/mol. The molecular weight excluding hydrogens is 236 g/mol. The van der Waals surface area contributed by atoms with Crippen LogP contribution < -0.4 is 5.73 Å². The van der Waals surface area contributed by atoms with Gasteiger partial charge in [-0.15, -0.1) is 0 Å². The van der Waals surface area contributed by atoms with Gasteiger partial charge in [0.1, 0.15) is 5.75 Å². The molecule has 5 nitrogen and oxygen atoms in total. The number of morpholine rings is 1. The summed E-state index contributed by atoms with van der Waals surface area (Å²) in [6.07, 6.45) is 0. The Labute approximate surface area is 95.6 Å². The van der Waals surface area contributed by atoms with Crippen LogP contribution in [0.4, 0.5) is 0 Å². The molecule has 0 atom stereocenters. The fourth-order valence-corrected chi connectivity index (χ4v) is 3.33. The van der Waals surface area contributed by atoms with Crippen molar-refractivity contribution in [1.29, 1.82) is 0 Å². The smallest absolute Gasteiger partial charge is 0.220 e. The van der Waals surface area contributed by atoms with Crippen molar-refractivity contribution >= 4 is 27.2 Å². The first-order chi connectivity index (χ1) is 6.73. The topological polar surface area (TPSA) is 72.6 Å². The largest absolute Gasteiger partial charge is 0.392 e. The Morgan fingerprint density at radius 1 is 1.60 bits per heavy atom. The minimum atomic E-state index is -3.37. The summed E-state index contributed by atoms with van der Waals surface area (Å²) in [6.45, 7) is 4.83. The molecule has 0 amide bonds. The Balaban J connectivity index is 2.75. The maximum absolute atomic E-state index is 11.8. The van der Waals surface area contributed by atoms with Gasteiger partial charge in [-0.2, -0.15) is 4.31 Å². The third-order valence-corrected chi connectivity index (χ3v) is 4.21. The second-order valence-electron chi connectivity index (χ2n) is 4.16. The molecule has 88 valence electrons. The van der Waals surface area contributed by atoms with Crippen LogP contribution in [-0.2, 0) is 14.8 Å². The Morgan fingerprint density at radius 2 is 2.20 bits per heavy atom. The number of nitrogens with zero attached hydrogens (tertiary/aromatic N) is 1. The summed E-state index contributed by atoms with van der Waals surface area (Å²) in [7, 11) is -3.37. The Bertz CT molecular complexity index is 351. The molecule has 1 heterocycles. The van der Waals surface area contributed by atoms with Crippen LogP contribution in [0.2, 0.25) is 0 Å². The molecule has 0 aromatic carbocycles. The normalized spacial score (nSPS) is 22.5. The summed E-state index contributed by atoms with van der Waals surface area (Å²) >= 11 is 4.61. The Kier molecular flexibility index (Phi) is 3.70. The van der Waals surface area contributed by atoms with Crippen LogP contribution in [0.15, 0.2) is 0 Å². The monoisotopic (exact) mass is 252 g/mol.